The molecule has 0 aromatic heterocycles. The minimum atomic E-state index is -1.62. The van der Waals surface area contributed by atoms with Gasteiger partial charge in [-0.25, -0.2) is 9.59 Å². The number of carbonyl (C=O) groups excluding carboxylic acids is 4. The Morgan fingerprint density at radius 1 is 1.23 bits per heavy atom. The van der Waals surface area contributed by atoms with E-state index in [0.717, 1.165) is 0 Å². The molecule has 10 nitrogen and oxygen atoms in total. The summed E-state index contributed by atoms with van der Waals surface area (Å²) in [6, 6.07) is 1.35. The number of benzene rings is 1. The van der Waals surface area contributed by atoms with E-state index in [4.69, 9.17) is 14.2 Å². The summed E-state index contributed by atoms with van der Waals surface area (Å²) in [6.45, 7) is 10.8. The highest BCUT2D eigenvalue weighted by molar-refractivity contribution is 6.06. The van der Waals surface area contributed by atoms with E-state index in [-0.39, 0.29) is 52.2 Å². The molecule has 3 heterocycles. The zero-order valence-corrected chi connectivity index (χ0v) is 23.0. The third-order valence-corrected chi connectivity index (χ3v) is 7.74. The molecule has 2 bridgehead atoms. The molecule has 3 aliphatic rings. The van der Waals surface area contributed by atoms with Gasteiger partial charge in [0.2, 0.25) is 5.78 Å². The first-order valence-electron chi connectivity index (χ1n) is 12.8. The van der Waals surface area contributed by atoms with Gasteiger partial charge in [0.25, 0.3) is 0 Å². The Hall–Kier alpha value is -4.18. The molecular weight excluding hydrogens is 520 g/mol. The molecule has 0 radical (unpaired) electrons. The fourth-order valence-electron chi connectivity index (χ4n) is 5.34. The van der Waals surface area contributed by atoms with Crippen LogP contribution in [0.5, 0.6) is 11.5 Å². The van der Waals surface area contributed by atoms with Crippen molar-refractivity contribution in [2.75, 3.05) is 6.61 Å². The number of phenolic OH excluding ortho intramolecular Hbond substituents is 2. The first-order chi connectivity index (χ1) is 18.7. The highest BCUT2D eigenvalue weighted by atomic mass is 16.6. The van der Waals surface area contributed by atoms with E-state index < -0.39 is 59.6 Å². The van der Waals surface area contributed by atoms with Gasteiger partial charge in [-0.15, -0.1) is 0 Å². The van der Waals surface area contributed by atoms with Crippen molar-refractivity contribution >= 4 is 23.5 Å². The Kier molecular flexibility index (Phi) is 7.51. The molecule has 10 heteroatoms. The van der Waals surface area contributed by atoms with E-state index >= 15 is 0 Å². The quantitative estimate of drug-likeness (QED) is 0.272. The fraction of sp³-hybridized carbons (Fsp3) is 0.400. The summed E-state index contributed by atoms with van der Waals surface area (Å²) in [4.78, 5) is 51.4. The first kappa shape index (κ1) is 28.8. The van der Waals surface area contributed by atoms with Crippen LogP contribution in [-0.2, 0) is 35.0 Å². The third-order valence-electron chi connectivity index (χ3n) is 7.74. The zero-order chi connectivity index (χ0) is 29.7. The van der Waals surface area contributed by atoms with Crippen LogP contribution in [0, 0.1) is 12.8 Å². The van der Waals surface area contributed by atoms with Crippen LogP contribution in [-0.4, -0.2) is 63.2 Å². The monoisotopic (exact) mass is 552 g/mol. The summed E-state index contributed by atoms with van der Waals surface area (Å²) >= 11 is 0. The number of phenols is 2. The summed E-state index contributed by atoms with van der Waals surface area (Å²) in [7, 11) is 0. The standard InChI is InChI=1S/C30H32O10/c1-7-13(2)28(36)39-22-11-30(6)27(35)20(10-19-24(33)14(3)8-18(16(5)32)25(19)34)26(40-30)17(12-31)9-21-23(22)15(4)29(37)38-21/h7-9,21-23,31,33-34H,4,10-12H2,1-3,5-6H3. The van der Waals surface area contributed by atoms with E-state index in [1.807, 2.05) is 0 Å². The van der Waals surface area contributed by atoms with Gasteiger partial charge >= 0.3 is 11.9 Å². The van der Waals surface area contributed by atoms with Crippen LogP contribution in [0.1, 0.15) is 55.6 Å². The van der Waals surface area contributed by atoms with Gasteiger partial charge in [-0.1, -0.05) is 12.7 Å². The molecule has 4 unspecified atom stereocenters. The van der Waals surface area contributed by atoms with E-state index in [1.54, 1.807) is 26.8 Å². The smallest absolute Gasteiger partial charge is 0.334 e. The van der Waals surface area contributed by atoms with Gasteiger partial charge in [0, 0.05) is 40.7 Å². The second kappa shape index (κ2) is 10.4. The number of carbonyl (C=O) groups is 4. The molecule has 1 aromatic carbocycles. The molecule has 3 aliphatic heterocycles. The van der Waals surface area contributed by atoms with Gasteiger partial charge in [0.15, 0.2) is 11.4 Å². The molecule has 4 atom stereocenters. The lowest BCUT2D eigenvalue weighted by Gasteiger charge is -2.31. The normalized spacial score (nSPS) is 26.4. The average Bonchev–Trinajstić information content (AvgIpc) is 3.33. The van der Waals surface area contributed by atoms with Crippen LogP contribution < -0.4 is 0 Å². The molecule has 4 rings (SSSR count). The Bertz CT molecular complexity index is 1440. The van der Waals surface area contributed by atoms with Crippen LogP contribution in [0.25, 0.3) is 0 Å². The number of aryl methyl sites for hydroxylation is 1. The van der Waals surface area contributed by atoms with Gasteiger partial charge in [0.1, 0.15) is 29.5 Å². The van der Waals surface area contributed by atoms with Crippen molar-refractivity contribution in [1.82, 2.24) is 0 Å². The molecule has 0 amide bonds. The van der Waals surface area contributed by atoms with E-state index in [0.29, 0.717) is 11.1 Å². The number of aliphatic hydroxyl groups excluding tert-OH is 1. The molecule has 0 saturated carbocycles. The van der Waals surface area contributed by atoms with Crippen LogP contribution in [0.3, 0.4) is 0 Å². The predicted octanol–water partition coefficient (Wildman–Crippen LogP) is 3.06. The first-order valence-corrected chi connectivity index (χ1v) is 12.8. The van der Waals surface area contributed by atoms with Gasteiger partial charge in [0.05, 0.1) is 18.1 Å². The van der Waals surface area contributed by atoms with Crippen LogP contribution >= 0.6 is 0 Å². The lowest BCUT2D eigenvalue weighted by molar-refractivity contribution is -0.153. The van der Waals surface area contributed by atoms with Gasteiger partial charge in [-0.05, 0) is 52.3 Å². The van der Waals surface area contributed by atoms with Crippen molar-refractivity contribution in [3.05, 3.63) is 69.5 Å². The molecule has 3 N–H and O–H groups in total. The summed E-state index contributed by atoms with van der Waals surface area (Å²) in [6.07, 6.45) is 0.433. The number of ketones is 2. The molecule has 212 valence electrons. The molecular formula is C30H32O10. The summed E-state index contributed by atoms with van der Waals surface area (Å²) in [5.41, 5.74) is -0.863. The number of Topliss-reactive ketones (excluding diaryl/α,β-unsaturated/α-hetero) is 2. The molecule has 1 saturated heterocycles. The lowest BCUT2D eigenvalue weighted by Crippen LogP contribution is -2.43. The largest absolute Gasteiger partial charge is 0.507 e. The van der Waals surface area contributed by atoms with E-state index in [1.165, 1.54) is 26.0 Å². The Morgan fingerprint density at radius 2 is 1.90 bits per heavy atom. The maximum absolute atomic E-state index is 14.0. The van der Waals surface area contributed by atoms with E-state index in [2.05, 4.69) is 6.58 Å². The van der Waals surface area contributed by atoms with Gasteiger partial charge in [-0.3, -0.25) is 9.59 Å². The predicted molar refractivity (Wildman–Crippen MR) is 141 cm³/mol. The minimum Gasteiger partial charge on any atom is -0.507 e. The Labute approximate surface area is 231 Å². The SMILES string of the molecule is C=C1C(=O)OC2C=C(CO)C3=C(Cc4c(O)c(C)cc(C(C)=O)c4O)C(=O)C(C)(CC(OC(=O)C(C)=CC)C12)O3. The number of ether oxygens (including phenoxy) is 3. The average molecular weight is 553 g/mol. The number of hydrogen-bond acceptors (Lipinski definition) is 10. The van der Waals surface area contributed by atoms with Crippen LogP contribution in [0.2, 0.25) is 0 Å². The lowest BCUT2D eigenvalue weighted by atomic mass is 9.80. The number of allylic oxidation sites excluding steroid dienone is 1. The Morgan fingerprint density at radius 3 is 2.50 bits per heavy atom. The van der Waals surface area contributed by atoms with Crippen molar-refractivity contribution in [3.63, 3.8) is 0 Å². The number of hydrogen-bond donors (Lipinski definition) is 3. The van der Waals surface area contributed by atoms with Gasteiger partial charge in [-0.2, -0.15) is 0 Å². The summed E-state index contributed by atoms with van der Waals surface area (Å²) in [5, 5.41) is 31.9. The summed E-state index contributed by atoms with van der Waals surface area (Å²) < 4.78 is 17.5. The second-order valence-electron chi connectivity index (χ2n) is 10.5. The number of rotatable bonds is 6. The highest BCUT2D eigenvalue weighted by Crippen LogP contribution is 2.46. The van der Waals surface area contributed by atoms with Crippen molar-refractivity contribution in [3.8, 4) is 11.5 Å². The number of aromatic hydroxyl groups is 2. The maximum atomic E-state index is 14.0. The third kappa shape index (κ3) is 4.72. The molecule has 1 aromatic rings. The Balaban J connectivity index is 1.88. The molecule has 1 fully saturated rings. The van der Waals surface area contributed by atoms with Gasteiger partial charge < -0.3 is 29.5 Å². The van der Waals surface area contributed by atoms with Crippen LogP contribution in [0.4, 0.5) is 0 Å². The van der Waals surface area contributed by atoms with E-state index in [9.17, 15) is 34.5 Å². The minimum absolute atomic E-state index is 0.0106. The fourth-order valence-corrected chi connectivity index (χ4v) is 5.34. The second-order valence-corrected chi connectivity index (χ2v) is 10.5. The molecule has 40 heavy (non-hydrogen) atoms. The van der Waals surface area contributed by atoms with Crippen molar-refractivity contribution in [2.24, 2.45) is 5.92 Å². The maximum Gasteiger partial charge on any atom is 0.334 e. The summed E-state index contributed by atoms with van der Waals surface area (Å²) in [5.74, 6) is -3.95. The molecule has 0 aliphatic carbocycles. The van der Waals surface area contributed by atoms with Crippen molar-refractivity contribution < 1.29 is 48.7 Å². The van der Waals surface area contributed by atoms with Crippen LogP contribution in [0.15, 0.2) is 52.8 Å². The number of fused-ring (bicyclic) bond motifs is 3. The molecule has 0 spiro atoms. The number of esters is 2. The highest BCUT2D eigenvalue weighted by Gasteiger charge is 2.54. The zero-order valence-electron chi connectivity index (χ0n) is 23.0. The van der Waals surface area contributed by atoms with Crippen molar-refractivity contribution in [2.45, 2.75) is 65.3 Å². The number of aliphatic hydroxyl groups is 1. The topological polar surface area (TPSA) is 157 Å². The van der Waals surface area contributed by atoms with Crippen molar-refractivity contribution in [1.29, 1.82) is 0 Å².